The Morgan fingerprint density at radius 1 is 1.22 bits per heavy atom. The van der Waals surface area contributed by atoms with E-state index in [1.165, 1.54) is 12.1 Å². The number of ether oxygens (including phenoxy) is 1. The SMILES string of the molecule is Cn1c(Cc2ccc(Cl)c(OC(F)(F)F)c2)cc2ncccc21. The predicted octanol–water partition coefficient (Wildman–Crippen LogP) is 4.72. The zero-order chi connectivity index (χ0) is 16.6. The van der Waals surface area contributed by atoms with Crippen LogP contribution in [-0.4, -0.2) is 15.9 Å². The van der Waals surface area contributed by atoms with E-state index in [2.05, 4.69) is 9.72 Å². The molecule has 7 heteroatoms. The third-order valence-corrected chi connectivity index (χ3v) is 3.83. The fourth-order valence-corrected chi connectivity index (χ4v) is 2.61. The third kappa shape index (κ3) is 3.42. The number of hydrogen-bond acceptors (Lipinski definition) is 2. The summed E-state index contributed by atoms with van der Waals surface area (Å²) >= 11 is 5.76. The summed E-state index contributed by atoms with van der Waals surface area (Å²) in [6.07, 6.45) is -2.63. The van der Waals surface area contributed by atoms with Crippen LogP contribution in [0.15, 0.2) is 42.6 Å². The Labute approximate surface area is 135 Å². The van der Waals surface area contributed by atoms with E-state index in [-0.39, 0.29) is 5.02 Å². The average molecular weight is 341 g/mol. The molecule has 0 aliphatic heterocycles. The minimum atomic E-state index is -4.77. The lowest BCUT2D eigenvalue weighted by Crippen LogP contribution is -2.17. The van der Waals surface area contributed by atoms with Crippen LogP contribution in [0.3, 0.4) is 0 Å². The number of nitrogens with zero attached hydrogens (tertiary/aromatic N) is 2. The lowest BCUT2D eigenvalue weighted by Gasteiger charge is -2.12. The first-order valence-electron chi connectivity index (χ1n) is 6.77. The van der Waals surface area contributed by atoms with Crippen molar-refractivity contribution in [2.24, 2.45) is 7.05 Å². The van der Waals surface area contributed by atoms with Crippen LogP contribution < -0.4 is 4.74 Å². The van der Waals surface area contributed by atoms with E-state index in [0.717, 1.165) is 16.7 Å². The Kier molecular flexibility index (Phi) is 3.93. The van der Waals surface area contributed by atoms with Gasteiger partial charge in [0.15, 0.2) is 0 Å². The van der Waals surface area contributed by atoms with Crippen molar-refractivity contribution in [2.45, 2.75) is 12.8 Å². The molecular formula is C16H12ClF3N2O. The summed E-state index contributed by atoms with van der Waals surface area (Å²) in [7, 11) is 1.89. The number of aromatic nitrogens is 2. The summed E-state index contributed by atoms with van der Waals surface area (Å²) in [6, 6.07) is 10.1. The number of hydrogen-bond donors (Lipinski definition) is 0. The van der Waals surface area contributed by atoms with Gasteiger partial charge in [0.2, 0.25) is 0 Å². The van der Waals surface area contributed by atoms with E-state index >= 15 is 0 Å². The molecule has 2 aromatic heterocycles. The molecule has 3 nitrogen and oxygen atoms in total. The smallest absolute Gasteiger partial charge is 0.404 e. The first kappa shape index (κ1) is 15.7. The van der Waals surface area contributed by atoms with E-state index in [4.69, 9.17) is 11.6 Å². The maximum absolute atomic E-state index is 12.4. The fourth-order valence-electron chi connectivity index (χ4n) is 2.45. The van der Waals surface area contributed by atoms with Gasteiger partial charge in [0.05, 0.1) is 16.1 Å². The maximum Gasteiger partial charge on any atom is 0.573 e. The van der Waals surface area contributed by atoms with Crippen molar-refractivity contribution in [3.63, 3.8) is 0 Å². The molecular weight excluding hydrogens is 329 g/mol. The molecule has 0 N–H and O–H groups in total. The van der Waals surface area contributed by atoms with E-state index in [1.54, 1.807) is 12.3 Å². The molecule has 0 fully saturated rings. The Balaban J connectivity index is 1.93. The van der Waals surface area contributed by atoms with E-state index in [1.807, 2.05) is 29.8 Å². The molecule has 0 bridgehead atoms. The minimum absolute atomic E-state index is 0.0789. The zero-order valence-corrected chi connectivity index (χ0v) is 12.8. The molecule has 1 aromatic carbocycles. The molecule has 2 heterocycles. The lowest BCUT2D eigenvalue weighted by molar-refractivity contribution is -0.274. The van der Waals surface area contributed by atoms with Crippen LogP contribution in [0.2, 0.25) is 5.02 Å². The number of fused-ring (bicyclic) bond motifs is 1. The van der Waals surface area contributed by atoms with Crippen LogP contribution in [0.5, 0.6) is 5.75 Å². The summed E-state index contributed by atoms with van der Waals surface area (Å²) in [4.78, 5) is 4.27. The molecule has 0 unspecified atom stereocenters. The molecule has 0 saturated carbocycles. The summed E-state index contributed by atoms with van der Waals surface area (Å²) in [5.41, 5.74) is 3.40. The predicted molar refractivity (Wildman–Crippen MR) is 81.7 cm³/mol. The van der Waals surface area contributed by atoms with Gasteiger partial charge in [-0.2, -0.15) is 0 Å². The standard InChI is InChI=1S/C16H12ClF3N2O/c1-22-11(9-13-14(22)3-2-6-21-13)7-10-4-5-12(17)15(8-10)23-16(18,19)20/h2-6,8-9H,7H2,1H3. The number of pyridine rings is 1. The van der Waals surface area contributed by atoms with Gasteiger partial charge in [0, 0.05) is 25.4 Å². The molecule has 0 radical (unpaired) electrons. The van der Waals surface area contributed by atoms with Crippen molar-refractivity contribution < 1.29 is 17.9 Å². The molecule has 23 heavy (non-hydrogen) atoms. The van der Waals surface area contributed by atoms with Crippen molar-refractivity contribution in [2.75, 3.05) is 0 Å². The second-order valence-electron chi connectivity index (χ2n) is 5.09. The molecule has 0 amide bonds. The highest BCUT2D eigenvalue weighted by molar-refractivity contribution is 6.32. The molecule has 0 aliphatic rings. The molecule has 120 valence electrons. The largest absolute Gasteiger partial charge is 0.573 e. The summed E-state index contributed by atoms with van der Waals surface area (Å²) in [5, 5.41) is -0.0789. The van der Waals surface area contributed by atoms with Gasteiger partial charge in [-0.05, 0) is 35.9 Å². The Morgan fingerprint density at radius 3 is 2.70 bits per heavy atom. The molecule has 0 atom stereocenters. The zero-order valence-electron chi connectivity index (χ0n) is 12.1. The van der Waals surface area contributed by atoms with Gasteiger partial charge in [-0.15, -0.1) is 13.2 Å². The Hall–Kier alpha value is -2.21. The topological polar surface area (TPSA) is 27.1 Å². The second-order valence-corrected chi connectivity index (χ2v) is 5.50. The summed E-state index contributed by atoms with van der Waals surface area (Å²) in [5.74, 6) is -0.395. The lowest BCUT2D eigenvalue weighted by atomic mass is 10.1. The highest BCUT2D eigenvalue weighted by Gasteiger charge is 2.32. The van der Waals surface area contributed by atoms with Gasteiger partial charge >= 0.3 is 6.36 Å². The van der Waals surface area contributed by atoms with Crippen LogP contribution in [0.1, 0.15) is 11.3 Å². The minimum Gasteiger partial charge on any atom is -0.404 e. The maximum atomic E-state index is 12.4. The molecule has 3 aromatic rings. The van der Waals surface area contributed by atoms with E-state index in [0.29, 0.717) is 12.0 Å². The third-order valence-electron chi connectivity index (χ3n) is 3.52. The van der Waals surface area contributed by atoms with Crippen LogP contribution in [0.4, 0.5) is 13.2 Å². The first-order chi connectivity index (χ1) is 10.8. The quantitative estimate of drug-likeness (QED) is 0.690. The fraction of sp³-hybridized carbons (Fsp3) is 0.188. The molecule has 0 aliphatic carbocycles. The second kappa shape index (κ2) is 5.77. The van der Waals surface area contributed by atoms with Crippen LogP contribution in [-0.2, 0) is 13.5 Å². The van der Waals surface area contributed by atoms with Gasteiger partial charge in [0.25, 0.3) is 0 Å². The van der Waals surface area contributed by atoms with Gasteiger partial charge in [-0.1, -0.05) is 17.7 Å². The number of alkyl halides is 3. The molecule has 0 saturated heterocycles. The number of aryl methyl sites for hydroxylation is 1. The highest BCUT2D eigenvalue weighted by atomic mass is 35.5. The van der Waals surface area contributed by atoms with E-state index in [9.17, 15) is 13.2 Å². The Bertz CT molecular complexity index is 858. The molecule has 0 spiro atoms. The van der Waals surface area contributed by atoms with Crippen molar-refractivity contribution in [3.8, 4) is 5.75 Å². The number of benzene rings is 1. The van der Waals surface area contributed by atoms with Crippen molar-refractivity contribution in [1.29, 1.82) is 0 Å². The number of rotatable bonds is 3. The van der Waals surface area contributed by atoms with Crippen LogP contribution in [0, 0.1) is 0 Å². The van der Waals surface area contributed by atoms with E-state index < -0.39 is 12.1 Å². The van der Waals surface area contributed by atoms with Crippen LogP contribution >= 0.6 is 11.6 Å². The number of halogens is 4. The van der Waals surface area contributed by atoms with Crippen molar-refractivity contribution >= 4 is 22.6 Å². The highest BCUT2D eigenvalue weighted by Crippen LogP contribution is 2.31. The van der Waals surface area contributed by atoms with Gasteiger partial charge < -0.3 is 9.30 Å². The van der Waals surface area contributed by atoms with Crippen molar-refractivity contribution in [1.82, 2.24) is 9.55 Å². The van der Waals surface area contributed by atoms with Gasteiger partial charge in [0.1, 0.15) is 5.75 Å². The summed E-state index contributed by atoms with van der Waals surface area (Å²) in [6.45, 7) is 0. The molecule has 3 rings (SSSR count). The normalized spacial score (nSPS) is 11.9. The monoisotopic (exact) mass is 340 g/mol. The summed E-state index contributed by atoms with van der Waals surface area (Å²) < 4.78 is 43.1. The van der Waals surface area contributed by atoms with Gasteiger partial charge in [-0.3, -0.25) is 4.98 Å². The van der Waals surface area contributed by atoms with Gasteiger partial charge in [-0.25, -0.2) is 0 Å². The Morgan fingerprint density at radius 2 is 2.00 bits per heavy atom. The average Bonchev–Trinajstić information content (AvgIpc) is 2.78. The van der Waals surface area contributed by atoms with Crippen LogP contribution in [0.25, 0.3) is 11.0 Å². The van der Waals surface area contributed by atoms with Crippen molar-refractivity contribution in [3.05, 3.63) is 58.9 Å². The first-order valence-corrected chi connectivity index (χ1v) is 7.15.